The predicted molar refractivity (Wildman–Crippen MR) is 135 cm³/mol. The summed E-state index contributed by atoms with van der Waals surface area (Å²) in [5, 5.41) is 52.7. The minimum Gasteiger partial charge on any atom is -0.394 e. The first-order valence-electron chi connectivity index (χ1n) is 12.7. The van der Waals surface area contributed by atoms with Crippen LogP contribution in [0.25, 0.3) is 0 Å². The highest BCUT2D eigenvalue weighted by Crippen LogP contribution is 2.28. The number of rotatable bonds is 16. The second-order valence-corrected chi connectivity index (χ2v) is 10.2. The van der Waals surface area contributed by atoms with E-state index in [1.54, 1.807) is 11.8 Å². The van der Waals surface area contributed by atoms with Crippen LogP contribution in [0.2, 0.25) is 0 Å². The summed E-state index contributed by atoms with van der Waals surface area (Å²) in [6.07, 6.45) is 2.08. The number of nitrogens with zero attached hydrogens (tertiary/aromatic N) is 3. The maximum Gasteiger partial charge on any atom is 0.249 e. The van der Waals surface area contributed by atoms with Gasteiger partial charge in [-0.1, -0.05) is 51.2 Å². The number of aliphatic hydroxyl groups is 4. The van der Waals surface area contributed by atoms with Gasteiger partial charge in [0.05, 0.1) is 12.8 Å². The standard InChI is InChI=1S/C23H41N5O7S/c1-3-5-6-7-8-9-10-18(30)24-15(14-36-11-4-2)22(34)25-17-12-28(27-26-17)23-21(33)20(32)19(31)16(13-29)35-23/h12,15-16,19-21,23,29,31-33H,3-11,13-14H2,1-2H3,(H,24,30)(H,25,34)/t15-,16?,19?,20?,21?,23?/m1/s1. The fourth-order valence-corrected chi connectivity index (χ4v) is 4.76. The molecule has 1 aliphatic heterocycles. The van der Waals surface area contributed by atoms with Gasteiger partial charge >= 0.3 is 0 Å². The summed E-state index contributed by atoms with van der Waals surface area (Å²) in [7, 11) is 0. The summed E-state index contributed by atoms with van der Waals surface area (Å²) in [6.45, 7) is 3.62. The van der Waals surface area contributed by atoms with Crippen LogP contribution in [0.15, 0.2) is 6.20 Å². The van der Waals surface area contributed by atoms with Gasteiger partial charge < -0.3 is 35.8 Å². The van der Waals surface area contributed by atoms with E-state index in [-0.39, 0.29) is 11.7 Å². The number of anilines is 1. The zero-order valence-corrected chi connectivity index (χ0v) is 21.9. The molecule has 2 heterocycles. The van der Waals surface area contributed by atoms with E-state index in [1.807, 2.05) is 6.92 Å². The van der Waals surface area contributed by atoms with E-state index < -0.39 is 49.2 Å². The Morgan fingerprint density at radius 3 is 2.50 bits per heavy atom. The molecule has 0 radical (unpaired) electrons. The Hall–Kier alpha value is -1.77. The number of hydrogen-bond donors (Lipinski definition) is 6. The van der Waals surface area contributed by atoms with E-state index in [0.717, 1.165) is 36.1 Å². The zero-order valence-electron chi connectivity index (χ0n) is 21.1. The minimum atomic E-state index is -1.56. The van der Waals surface area contributed by atoms with E-state index in [0.29, 0.717) is 12.2 Å². The van der Waals surface area contributed by atoms with Crippen molar-refractivity contribution >= 4 is 29.4 Å². The molecule has 5 unspecified atom stereocenters. The molecule has 2 amide bonds. The average Bonchev–Trinajstić information content (AvgIpc) is 3.32. The quantitative estimate of drug-likeness (QED) is 0.165. The number of nitrogens with one attached hydrogen (secondary N) is 2. The number of hydrogen-bond acceptors (Lipinski definition) is 10. The highest BCUT2D eigenvalue weighted by atomic mass is 32.2. The molecule has 1 aromatic heterocycles. The van der Waals surface area contributed by atoms with E-state index in [1.165, 1.54) is 25.5 Å². The van der Waals surface area contributed by atoms with Gasteiger partial charge in [-0.25, -0.2) is 4.68 Å². The number of carbonyl (C=O) groups excluding carboxylic acids is 2. The van der Waals surface area contributed by atoms with Crippen molar-refractivity contribution in [2.45, 2.75) is 102 Å². The van der Waals surface area contributed by atoms with Gasteiger partial charge in [0.15, 0.2) is 12.0 Å². The van der Waals surface area contributed by atoms with Crippen LogP contribution < -0.4 is 10.6 Å². The lowest BCUT2D eigenvalue weighted by Gasteiger charge is -2.39. The molecule has 6 N–H and O–H groups in total. The Morgan fingerprint density at radius 2 is 1.81 bits per heavy atom. The third kappa shape index (κ3) is 9.27. The van der Waals surface area contributed by atoms with Crippen molar-refractivity contribution in [2.24, 2.45) is 0 Å². The van der Waals surface area contributed by atoms with Gasteiger partial charge in [-0.15, -0.1) is 5.10 Å². The summed E-state index contributed by atoms with van der Waals surface area (Å²) in [6, 6.07) is -0.758. The Kier molecular flexibility index (Phi) is 13.7. The number of amides is 2. The van der Waals surface area contributed by atoms with E-state index in [9.17, 15) is 30.0 Å². The van der Waals surface area contributed by atoms with Crippen molar-refractivity contribution < 1.29 is 34.8 Å². The number of ether oxygens (including phenoxy) is 1. The monoisotopic (exact) mass is 531 g/mol. The highest BCUT2D eigenvalue weighted by molar-refractivity contribution is 7.99. The van der Waals surface area contributed by atoms with Gasteiger partial charge in [0.2, 0.25) is 11.8 Å². The van der Waals surface area contributed by atoms with Crippen LogP contribution in [0.5, 0.6) is 0 Å². The molecule has 36 heavy (non-hydrogen) atoms. The van der Waals surface area contributed by atoms with Crippen molar-refractivity contribution in [3.8, 4) is 0 Å². The molecular weight excluding hydrogens is 490 g/mol. The number of aromatic nitrogens is 3. The van der Waals surface area contributed by atoms with Crippen molar-refractivity contribution in [1.29, 1.82) is 0 Å². The largest absolute Gasteiger partial charge is 0.394 e. The van der Waals surface area contributed by atoms with Crippen molar-refractivity contribution in [1.82, 2.24) is 20.3 Å². The molecule has 13 heteroatoms. The third-order valence-electron chi connectivity index (χ3n) is 5.93. The van der Waals surface area contributed by atoms with Crippen LogP contribution >= 0.6 is 11.8 Å². The fraction of sp³-hybridized carbons (Fsp3) is 0.826. The predicted octanol–water partition coefficient (Wildman–Crippen LogP) is 0.568. The Labute approximate surface area is 216 Å². The minimum absolute atomic E-state index is 0.0626. The summed E-state index contributed by atoms with van der Waals surface area (Å²) in [5.41, 5.74) is 0. The van der Waals surface area contributed by atoms with Crippen LogP contribution in [0.3, 0.4) is 0 Å². The summed E-state index contributed by atoms with van der Waals surface area (Å²) >= 11 is 1.57. The lowest BCUT2D eigenvalue weighted by molar-refractivity contribution is -0.254. The number of thioether (sulfide) groups is 1. The van der Waals surface area contributed by atoms with Gasteiger partial charge in [-0.3, -0.25) is 9.59 Å². The molecule has 0 bridgehead atoms. The summed E-state index contributed by atoms with van der Waals surface area (Å²) < 4.78 is 6.54. The average molecular weight is 532 g/mol. The normalized spacial score (nSPS) is 24.9. The van der Waals surface area contributed by atoms with Gasteiger partial charge in [-0.05, 0) is 18.6 Å². The molecule has 1 saturated heterocycles. The van der Waals surface area contributed by atoms with E-state index >= 15 is 0 Å². The van der Waals surface area contributed by atoms with Gasteiger partial charge in [0.25, 0.3) is 0 Å². The SMILES string of the molecule is CCCCCCCCC(=O)N[C@H](CSCCC)C(=O)Nc1cn(C2OC(CO)C(O)C(O)C2O)nn1. The number of aliphatic hydroxyl groups excluding tert-OH is 4. The van der Waals surface area contributed by atoms with E-state index in [2.05, 4.69) is 27.9 Å². The smallest absolute Gasteiger partial charge is 0.249 e. The lowest BCUT2D eigenvalue weighted by atomic mass is 9.98. The molecular formula is C23H41N5O7S. The molecule has 12 nitrogen and oxygen atoms in total. The second-order valence-electron chi connectivity index (χ2n) is 9.01. The van der Waals surface area contributed by atoms with E-state index in [4.69, 9.17) is 4.74 Å². The van der Waals surface area contributed by atoms with Crippen LogP contribution in [-0.2, 0) is 14.3 Å². The third-order valence-corrected chi connectivity index (χ3v) is 7.20. The van der Waals surface area contributed by atoms with Crippen LogP contribution in [0.1, 0.15) is 71.4 Å². The van der Waals surface area contributed by atoms with Crippen LogP contribution in [-0.4, -0.2) is 95.8 Å². The highest BCUT2D eigenvalue weighted by Gasteiger charge is 2.44. The Morgan fingerprint density at radius 1 is 1.08 bits per heavy atom. The number of carbonyl (C=O) groups is 2. The second kappa shape index (κ2) is 16.2. The Bertz CT molecular complexity index is 797. The summed E-state index contributed by atoms with van der Waals surface area (Å²) in [5.74, 6) is 0.698. The van der Waals surface area contributed by atoms with Crippen molar-refractivity contribution in [3.63, 3.8) is 0 Å². The van der Waals surface area contributed by atoms with Crippen LogP contribution in [0, 0.1) is 0 Å². The van der Waals surface area contributed by atoms with Gasteiger partial charge in [0, 0.05) is 12.2 Å². The van der Waals surface area contributed by atoms with Crippen LogP contribution in [0.4, 0.5) is 5.82 Å². The lowest BCUT2D eigenvalue weighted by Crippen LogP contribution is -2.56. The maximum absolute atomic E-state index is 12.9. The molecule has 1 aliphatic rings. The topological polar surface area (TPSA) is 179 Å². The molecule has 1 aromatic rings. The van der Waals surface area contributed by atoms with Crippen molar-refractivity contribution in [2.75, 3.05) is 23.4 Å². The Balaban J connectivity index is 1.95. The molecule has 1 fully saturated rings. The van der Waals surface area contributed by atoms with Gasteiger partial charge in [-0.2, -0.15) is 11.8 Å². The molecule has 0 aliphatic carbocycles. The first kappa shape index (κ1) is 30.5. The van der Waals surface area contributed by atoms with Gasteiger partial charge in [0.1, 0.15) is 30.5 Å². The molecule has 6 atom stereocenters. The number of unbranched alkanes of at least 4 members (excludes halogenated alkanes) is 5. The van der Waals surface area contributed by atoms with Crippen molar-refractivity contribution in [3.05, 3.63) is 6.20 Å². The molecule has 206 valence electrons. The first-order valence-corrected chi connectivity index (χ1v) is 13.9. The molecule has 0 saturated carbocycles. The molecule has 2 rings (SSSR count). The zero-order chi connectivity index (χ0) is 26.5. The maximum atomic E-state index is 12.9. The summed E-state index contributed by atoms with van der Waals surface area (Å²) in [4.78, 5) is 25.4. The first-order chi connectivity index (χ1) is 17.3. The fourth-order valence-electron chi connectivity index (χ4n) is 3.83. The molecule has 0 spiro atoms. The molecule has 0 aromatic carbocycles.